The topological polar surface area (TPSA) is 76.7 Å². The number of nitrogens with one attached hydrogen (secondary N) is 2. The van der Waals surface area contributed by atoms with Crippen molar-refractivity contribution in [1.29, 1.82) is 0 Å². The van der Waals surface area contributed by atoms with Crippen LogP contribution in [0.5, 0.6) is 11.5 Å². The van der Waals surface area contributed by atoms with E-state index in [0.29, 0.717) is 55.2 Å². The molecule has 2 N–H and O–H groups in total. The molecule has 2 aromatic carbocycles. The number of carbonyl (C=O) groups excluding carboxylic acids is 2. The highest BCUT2D eigenvalue weighted by atomic mass is 35.5. The summed E-state index contributed by atoms with van der Waals surface area (Å²) in [4.78, 5) is 24.5. The first kappa shape index (κ1) is 22.0. The molecule has 1 heterocycles. The normalized spacial score (nSPS) is 18.0. The average Bonchev–Trinajstić information content (AvgIpc) is 3.12. The zero-order chi connectivity index (χ0) is 21.6. The number of para-hydroxylation sites is 1. The van der Waals surface area contributed by atoms with Gasteiger partial charge < -0.3 is 20.1 Å². The molecule has 0 aromatic heterocycles. The van der Waals surface area contributed by atoms with E-state index in [1.54, 1.807) is 14.2 Å². The summed E-state index contributed by atoms with van der Waals surface area (Å²) in [6.07, 6.45) is 2.76. The van der Waals surface area contributed by atoms with E-state index in [-0.39, 0.29) is 11.8 Å². The van der Waals surface area contributed by atoms with Gasteiger partial charge in [-0.3, -0.25) is 9.59 Å². The summed E-state index contributed by atoms with van der Waals surface area (Å²) in [5, 5.41) is 6.73. The lowest BCUT2D eigenvalue weighted by atomic mass is 9.85. The average molecular weight is 431 g/mol. The summed E-state index contributed by atoms with van der Waals surface area (Å²) >= 11 is 5.98. The van der Waals surface area contributed by atoms with Crippen LogP contribution >= 0.6 is 11.6 Å². The Bertz CT molecular complexity index is 901. The van der Waals surface area contributed by atoms with Crippen molar-refractivity contribution in [2.24, 2.45) is 0 Å². The standard InChI is InChI=1S/C23H27ClN2O4/c1-29-19-5-3-4-17(22(19)30-2)15-25-20(27)10-12-23(13-11-21(28)26-23)14-16-6-8-18(24)9-7-16/h3-9H,10-15H2,1-2H3,(H,25,27)(H,26,28)/t23-/m1/s1. The van der Waals surface area contributed by atoms with Crippen LogP contribution in [-0.4, -0.2) is 31.6 Å². The summed E-state index contributed by atoms with van der Waals surface area (Å²) in [7, 11) is 3.16. The number of methoxy groups -OCH3 is 2. The van der Waals surface area contributed by atoms with Gasteiger partial charge in [-0.05, 0) is 43.0 Å². The van der Waals surface area contributed by atoms with Crippen molar-refractivity contribution in [3.8, 4) is 11.5 Å². The highest BCUT2D eigenvalue weighted by molar-refractivity contribution is 6.30. The van der Waals surface area contributed by atoms with Gasteiger partial charge in [0.2, 0.25) is 11.8 Å². The minimum absolute atomic E-state index is 0.0329. The fourth-order valence-corrected chi connectivity index (χ4v) is 4.03. The predicted molar refractivity (Wildman–Crippen MR) is 116 cm³/mol. The molecule has 0 spiro atoms. The van der Waals surface area contributed by atoms with E-state index in [2.05, 4.69) is 10.6 Å². The SMILES string of the molecule is COc1cccc(CNC(=O)CC[C@]2(Cc3ccc(Cl)cc3)CCC(=O)N2)c1OC. The molecule has 3 rings (SSSR count). The van der Waals surface area contributed by atoms with E-state index in [1.165, 1.54) is 0 Å². The first-order valence-corrected chi connectivity index (χ1v) is 10.3. The summed E-state index contributed by atoms with van der Waals surface area (Å²) < 4.78 is 10.7. The van der Waals surface area contributed by atoms with Crippen molar-refractivity contribution in [3.05, 3.63) is 58.6 Å². The van der Waals surface area contributed by atoms with Crippen LogP contribution in [0, 0.1) is 0 Å². The molecule has 0 radical (unpaired) electrons. The second-order valence-electron chi connectivity index (χ2n) is 7.56. The van der Waals surface area contributed by atoms with Gasteiger partial charge >= 0.3 is 0 Å². The van der Waals surface area contributed by atoms with Gasteiger partial charge in [0.1, 0.15) is 0 Å². The lowest BCUT2D eigenvalue weighted by molar-refractivity contribution is -0.122. The van der Waals surface area contributed by atoms with E-state index in [9.17, 15) is 9.59 Å². The highest BCUT2D eigenvalue weighted by Crippen LogP contribution is 2.31. The van der Waals surface area contributed by atoms with Gasteiger partial charge in [-0.2, -0.15) is 0 Å². The van der Waals surface area contributed by atoms with E-state index in [1.807, 2.05) is 42.5 Å². The number of benzene rings is 2. The van der Waals surface area contributed by atoms with Gasteiger partial charge in [0.05, 0.1) is 14.2 Å². The Kier molecular flexibility index (Phi) is 7.21. The van der Waals surface area contributed by atoms with Crippen molar-refractivity contribution < 1.29 is 19.1 Å². The van der Waals surface area contributed by atoms with Gasteiger partial charge in [0.15, 0.2) is 11.5 Å². The molecular formula is C23H27ClN2O4. The minimum Gasteiger partial charge on any atom is -0.493 e. The maximum atomic E-state index is 12.5. The Morgan fingerprint density at radius 1 is 1.17 bits per heavy atom. The van der Waals surface area contributed by atoms with Crippen LogP contribution in [0.1, 0.15) is 36.8 Å². The van der Waals surface area contributed by atoms with Crippen molar-refractivity contribution in [1.82, 2.24) is 10.6 Å². The van der Waals surface area contributed by atoms with Crippen LogP contribution < -0.4 is 20.1 Å². The summed E-state index contributed by atoms with van der Waals surface area (Å²) in [5.41, 5.74) is 1.52. The van der Waals surface area contributed by atoms with Crippen LogP contribution in [0.2, 0.25) is 5.02 Å². The van der Waals surface area contributed by atoms with Crippen LogP contribution in [0.3, 0.4) is 0 Å². The van der Waals surface area contributed by atoms with Crippen molar-refractivity contribution in [2.75, 3.05) is 14.2 Å². The fraction of sp³-hybridized carbons (Fsp3) is 0.391. The van der Waals surface area contributed by atoms with Crippen LogP contribution in [-0.2, 0) is 22.6 Å². The van der Waals surface area contributed by atoms with E-state index in [4.69, 9.17) is 21.1 Å². The predicted octanol–water partition coefficient (Wildman–Crippen LogP) is 3.65. The number of amides is 2. The molecule has 1 aliphatic rings. The third kappa shape index (κ3) is 5.45. The first-order valence-electron chi connectivity index (χ1n) is 9.97. The molecule has 30 heavy (non-hydrogen) atoms. The number of rotatable bonds is 9. The van der Waals surface area contributed by atoms with Gasteiger partial charge in [0.25, 0.3) is 0 Å². The Hall–Kier alpha value is -2.73. The number of carbonyl (C=O) groups is 2. The third-order valence-electron chi connectivity index (χ3n) is 5.48. The molecule has 7 heteroatoms. The van der Waals surface area contributed by atoms with Gasteiger partial charge in [-0.1, -0.05) is 35.9 Å². The zero-order valence-electron chi connectivity index (χ0n) is 17.3. The molecule has 1 atom stereocenters. The van der Waals surface area contributed by atoms with E-state index < -0.39 is 5.54 Å². The first-order chi connectivity index (χ1) is 14.4. The monoisotopic (exact) mass is 430 g/mol. The van der Waals surface area contributed by atoms with Crippen molar-refractivity contribution in [3.63, 3.8) is 0 Å². The quantitative estimate of drug-likeness (QED) is 0.636. The Morgan fingerprint density at radius 3 is 2.57 bits per heavy atom. The molecule has 1 aliphatic heterocycles. The van der Waals surface area contributed by atoms with E-state index in [0.717, 1.165) is 11.1 Å². The van der Waals surface area contributed by atoms with Gasteiger partial charge in [-0.15, -0.1) is 0 Å². The second-order valence-corrected chi connectivity index (χ2v) is 8.00. The number of halogens is 1. The molecule has 1 saturated heterocycles. The van der Waals surface area contributed by atoms with Crippen molar-refractivity contribution >= 4 is 23.4 Å². The lowest BCUT2D eigenvalue weighted by Gasteiger charge is -2.29. The number of hydrogen-bond donors (Lipinski definition) is 2. The van der Waals surface area contributed by atoms with E-state index >= 15 is 0 Å². The number of hydrogen-bond acceptors (Lipinski definition) is 4. The largest absolute Gasteiger partial charge is 0.493 e. The van der Waals surface area contributed by atoms with Crippen LogP contribution in [0.4, 0.5) is 0 Å². The minimum atomic E-state index is -0.407. The summed E-state index contributed by atoms with van der Waals surface area (Å²) in [6, 6.07) is 13.2. The smallest absolute Gasteiger partial charge is 0.220 e. The summed E-state index contributed by atoms with van der Waals surface area (Å²) in [5.74, 6) is 1.20. The molecule has 6 nitrogen and oxygen atoms in total. The molecule has 0 aliphatic carbocycles. The van der Waals surface area contributed by atoms with Crippen LogP contribution in [0.25, 0.3) is 0 Å². The molecule has 0 saturated carbocycles. The lowest BCUT2D eigenvalue weighted by Crippen LogP contribution is -2.44. The Labute approximate surface area is 181 Å². The van der Waals surface area contributed by atoms with Gasteiger partial charge in [0, 0.05) is 35.5 Å². The third-order valence-corrected chi connectivity index (χ3v) is 5.73. The maximum absolute atomic E-state index is 12.5. The second kappa shape index (κ2) is 9.85. The van der Waals surface area contributed by atoms with Crippen LogP contribution in [0.15, 0.2) is 42.5 Å². The molecular weight excluding hydrogens is 404 g/mol. The Morgan fingerprint density at radius 2 is 1.93 bits per heavy atom. The molecule has 160 valence electrons. The number of ether oxygens (including phenoxy) is 2. The molecule has 1 fully saturated rings. The molecule has 0 unspecified atom stereocenters. The molecule has 0 bridgehead atoms. The molecule has 2 aromatic rings. The fourth-order valence-electron chi connectivity index (χ4n) is 3.90. The maximum Gasteiger partial charge on any atom is 0.220 e. The highest BCUT2D eigenvalue weighted by Gasteiger charge is 2.37. The molecule has 2 amide bonds. The summed E-state index contributed by atoms with van der Waals surface area (Å²) in [6.45, 7) is 0.343. The zero-order valence-corrected chi connectivity index (χ0v) is 18.1. The van der Waals surface area contributed by atoms with Crippen molar-refractivity contribution in [2.45, 2.75) is 44.2 Å². The van der Waals surface area contributed by atoms with Gasteiger partial charge in [-0.25, -0.2) is 0 Å². The Balaban J connectivity index is 1.60.